The number of hydrogen-bond acceptors (Lipinski definition) is 5. The minimum Gasteiger partial charge on any atom is -0.382 e. The molecule has 0 aromatic carbocycles. The van der Waals surface area contributed by atoms with Crippen LogP contribution in [0.15, 0.2) is 24.5 Å². The molecule has 4 nitrogen and oxygen atoms in total. The Kier molecular flexibility index (Phi) is 2.48. The molecule has 5 heteroatoms. The molecule has 2 bridgehead atoms. The summed E-state index contributed by atoms with van der Waals surface area (Å²) >= 11 is 1.53. The monoisotopic (exact) mass is 272 g/mol. The first-order valence-electron chi connectivity index (χ1n) is 6.75. The van der Waals surface area contributed by atoms with E-state index in [1.165, 1.54) is 42.3 Å². The molecule has 0 spiro atoms. The molecule has 2 atom stereocenters. The van der Waals surface area contributed by atoms with Crippen LogP contribution in [-0.2, 0) is 0 Å². The summed E-state index contributed by atoms with van der Waals surface area (Å²) in [6.07, 6.45) is 7.70. The number of hydrogen-bond donors (Lipinski definition) is 1. The molecule has 1 saturated carbocycles. The van der Waals surface area contributed by atoms with Crippen molar-refractivity contribution < 1.29 is 0 Å². The van der Waals surface area contributed by atoms with Gasteiger partial charge in [0.25, 0.3) is 0 Å². The van der Waals surface area contributed by atoms with Gasteiger partial charge in [-0.2, -0.15) is 4.37 Å². The Labute approximate surface area is 116 Å². The fourth-order valence-corrected chi connectivity index (χ4v) is 4.36. The molecule has 2 fully saturated rings. The quantitative estimate of drug-likeness (QED) is 0.913. The maximum Gasteiger partial charge on any atom is 0.147 e. The van der Waals surface area contributed by atoms with Gasteiger partial charge in [0.1, 0.15) is 10.8 Å². The van der Waals surface area contributed by atoms with Crippen LogP contribution >= 0.6 is 11.5 Å². The van der Waals surface area contributed by atoms with Crippen LogP contribution in [0.25, 0.3) is 11.1 Å². The summed E-state index contributed by atoms with van der Waals surface area (Å²) in [4.78, 5) is 6.72. The summed E-state index contributed by atoms with van der Waals surface area (Å²) in [6.45, 7) is 1.17. The molecule has 19 heavy (non-hydrogen) atoms. The van der Waals surface area contributed by atoms with Gasteiger partial charge in [-0.15, -0.1) is 0 Å². The molecule has 1 aliphatic carbocycles. The van der Waals surface area contributed by atoms with E-state index < -0.39 is 0 Å². The Hall–Kier alpha value is -1.62. The molecule has 2 aliphatic rings. The minimum atomic E-state index is 0.635. The topological polar surface area (TPSA) is 55.0 Å². The van der Waals surface area contributed by atoms with Crippen LogP contribution in [0.2, 0.25) is 0 Å². The van der Waals surface area contributed by atoms with E-state index in [0.717, 1.165) is 17.0 Å². The molecule has 0 amide bonds. The fourth-order valence-electron chi connectivity index (χ4n) is 3.44. The SMILES string of the molecule is Nc1nsc(N2CC3CCC2C3)c1-c1cccnc1. The third kappa shape index (κ3) is 1.72. The predicted octanol–water partition coefficient (Wildman–Crippen LogP) is 2.78. The number of nitrogens with zero attached hydrogens (tertiary/aromatic N) is 3. The highest BCUT2D eigenvalue weighted by Crippen LogP contribution is 2.46. The van der Waals surface area contributed by atoms with Gasteiger partial charge < -0.3 is 10.6 Å². The lowest BCUT2D eigenvalue weighted by Gasteiger charge is -2.28. The van der Waals surface area contributed by atoms with Gasteiger partial charge in [-0.25, -0.2) is 0 Å². The van der Waals surface area contributed by atoms with E-state index in [-0.39, 0.29) is 0 Å². The third-order valence-corrected chi connectivity index (χ3v) is 5.22. The van der Waals surface area contributed by atoms with E-state index in [0.29, 0.717) is 11.9 Å². The molecule has 98 valence electrons. The Morgan fingerprint density at radius 3 is 3.00 bits per heavy atom. The zero-order chi connectivity index (χ0) is 12.8. The standard InChI is InChI=1S/C14H16N4S/c15-13-12(10-2-1-5-16-7-10)14(19-17-13)18-8-9-3-4-11(18)6-9/h1-2,5,7,9,11H,3-4,6,8H2,(H2,15,17). The molecule has 2 N–H and O–H groups in total. The lowest BCUT2D eigenvalue weighted by molar-refractivity contribution is 0.556. The number of piperidine rings is 1. The summed E-state index contributed by atoms with van der Waals surface area (Å²) in [7, 11) is 0. The molecule has 0 radical (unpaired) electrons. The Bertz CT molecular complexity index is 595. The second-order valence-corrected chi connectivity index (χ2v) is 6.23. The number of pyridine rings is 1. The second kappa shape index (κ2) is 4.20. The van der Waals surface area contributed by atoms with E-state index in [1.807, 2.05) is 12.3 Å². The largest absolute Gasteiger partial charge is 0.382 e. The maximum absolute atomic E-state index is 6.08. The van der Waals surface area contributed by atoms with Crippen LogP contribution in [0.1, 0.15) is 19.3 Å². The van der Waals surface area contributed by atoms with Crippen molar-refractivity contribution >= 4 is 22.4 Å². The lowest BCUT2D eigenvalue weighted by Crippen LogP contribution is -2.31. The van der Waals surface area contributed by atoms with Crippen LogP contribution < -0.4 is 10.6 Å². The van der Waals surface area contributed by atoms with Crippen molar-refractivity contribution in [2.24, 2.45) is 5.92 Å². The minimum absolute atomic E-state index is 0.635. The van der Waals surface area contributed by atoms with E-state index in [1.54, 1.807) is 6.20 Å². The van der Waals surface area contributed by atoms with Gasteiger partial charge >= 0.3 is 0 Å². The van der Waals surface area contributed by atoms with Crippen molar-refractivity contribution in [3.63, 3.8) is 0 Å². The Morgan fingerprint density at radius 1 is 1.37 bits per heavy atom. The van der Waals surface area contributed by atoms with Crippen LogP contribution in [0.4, 0.5) is 10.8 Å². The normalized spacial score (nSPS) is 25.2. The summed E-state index contributed by atoms with van der Waals surface area (Å²) in [5.41, 5.74) is 8.23. The van der Waals surface area contributed by atoms with Gasteiger partial charge in [0.05, 0.1) is 5.56 Å². The van der Waals surface area contributed by atoms with E-state index in [4.69, 9.17) is 5.73 Å². The average molecular weight is 272 g/mol. The molecule has 3 heterocycles. The van der Waals surface area contributed by atoms with Crippen molar-refractivity contribution in [2.45, 2.75) is 25.3 Å². The highest BCUT2D eigenvalue weighted by Gasteiger charge is 2.39. The van der Waals surface area contributed by atoms with Gasteiger partial charge in [0.15, 0.2) is 0 Å². The summed E-state index contributed by atoms with van der Waals surface area (Å²) in [6, 6.07) is 4.71. The number of nitrogen functional groups attached to an aromatic ring is 1. The third-order valence-electron chi connectivity index (χ3n) is 4.32. The molecule has 4 rings (SSSR count). The first-order valence-corrected chi connectivity index (χ1v) is 7.52. The van der Waals surface area contributed by atoms with E-state index >= 15 is 0 Å². The smallest absolute Gasteiger partial charge is 0.147 e. The fraction of sp³-hybridized carbons (Fsp3) is 0.429. The highest BCUT2D eigenvalue weighted by atomic mass is 32.1. The molecule has 2 aromatic rings. The van der Waals surface area contributed by atoms with Gasteiger partial charge in [-0.1, -0.05) is 6.07 Å². The van der Waals surface area contributed by atoms with Crippen molar-refractivity contribution in [2.75, 3.05) is 17.2 Å². The van der Waals surface area contributed by atoms with Crippen molar-refractivity contribution in [3.8, 4) is 11.1 Å². The van der Waals surface area contributed by atoms with Gasteiger partial charge in [0, 0.05) is 30.5 Å². The zero-order valence-electron chi connectivity index (χ0n) is 10.6. The lowest BCUT2D eigenvalue weighted by atomic mass is 10.1. The van der Waals surface area contributed by atoms with Crippen LogP contribution in [0, 0.1) is 5.92 Å². The molecule has 2 unspecified atom stereocenters. The summed E-state index contributed by atoms with van der Waals surface area (Å²) in [5, 5.41) is 1.23. The summed E-state index contributed by atoms with van der Waals surface area (Å²) in [5.74, 6) is 1.51. The average Bonchev–Trinajstić information content (AvgIpc) is 3.14. The number of nitrogens with two attached hydrogens (primary N) is 1. The number of aromatic nitrogens is 2. The van der Waals surface area contributed by atoms with Crippen LogP contribution in [0.5, 0.6) is 0 Å². The molecular weight excluding hydrogens is 256 g/mol. The Morgan fingerprint density at radius 2 is 2.32 bits per heavy atom. The first kappa shape index (κ1) is 11.2. The van der Waals surface area contributed by atoms with Gasteiger partial charge in [-0.05, 0) is 42.8 Å². The molecule has 2 aromatic heterocycles. The second-order valence-electron chi connectivity index (χ2n) is 5.47. The maximum atomic E-state index is 6.08. The first-order chi connectivity index (χ1) is 9.33. The Balaban J connectivity index is 1.78. The summed E-state index contributed by atoms with van der Waals surface area (Å²) < 4.78 is 4.37. The van der Waals surface area contributed by atoms with E-state index in [2.05, 4.69) is 20.3 Å². The number of fused-ring (bicyclic) bond motifs is 2. The van der Waals surface area contributed by atoms with E-state index in [9.17, 15) is 0 Å². The van der Waals surface area contributed by atoms with Crippen LogP contribution in [-0.4, -0.2) is 21.9 Å². The zero-order valence-corrected chi connectivity index (χ0v) is 11.4. The highest BCUT2D eigenvalue weighted by molar-refractivity contribution is 7.11. The van der Waals surface area contributed by atoms with Crippen LogP contribution in [0.3, 0.4) is 0 Å². The predicted molar refractivity (Wildman–Crippen MR) is 78.2 cm³/mol. The van der Waals surface area contributed by atoms with Crippen molar-refractivity contribution in [1.82, 2.24) is 9.36 Å². The molecule has 1 saturated heterocycles. The van der Waals surface area contributed by atoms with Gasteiger partial charge in [0.2, 0.25) is 0 Å². The van der Waals surface area contributed by atoms with Crippen molar-refractivity contribution in [3.05, 3.63) is 24.5 Å². The van der Waals surface area contributed by atoms with Gasteiger partial charge in [-0.3, -0.25) is 4.98 Å². The molecular formula is C14H16N4S. The number of rotatable bonds is 2. The number of anilines is 2. The molecule has 1 aliphatic heterocycles. The van der Waals surface area contributed by atoms with Crippen molar-refractivity contribution in [1.29, 1.82) is 0 Å².